The zero-order valence-corrected chi connectivity index (χ0v) is 11.9. The highest BCUT2D eigenvalue weighted by Crippen LogP contribution is 2.19. The SMILES string of the molecule is Cc1ccc(SCC(N)CCS(C)(=O)=O)cc1. The first kappa shape index (κ1) is 14.5. The number of nitrogens with two attached hydrogens (primary N) is 1. The number of hydrogen-bond donors (Lipinski definition) is 1. The van der Waals surface area contributed by atoms with Gasteiger partial charge in [0, 0.05) is 22.9 Å². The molecular weight excluding hydrogens is 254 g/mol. The normalized spacial score (nSPS) is 13.6. The summed E-state index contributed by atoms with van der Waals surface area (Å²) in [7, 11) is -2.90. The van der Waals surface area contributed by atoms with Crippen LogP contribution in [0.5, 0.6) is 0 Å². The van der Waals surface area contributed by atoms with E-state index in [4.69, 9.17) is 5.73 Å². The number of aryl methyl sites for hydroxylation is 1. The van der Waals surface area contributed by atoms with Gasteiger partial charge in [0.1, 0.15) is 9.84 Å². The van der Waals surface area contributed by atoms with E-state index in [0.717, 1.165) is 5.75 Å². The molecule has 0 saturated heterocycles. The first-order valence-corrected chi connectivity index (χ1v) is 8.54. The van der Waals surface area contributed by atoms with Gasteiger partial charge in [-0.15, -0.1) is 11.8 Å². The van der Waals surface area contributed by atoms with Crippen LogP contribution in [0.3, 0.4) is 0 Å². The second kappa shape index (κ2) is 6.42. The van der Waals surface area contributed by atoms with Crippen LogP contribution in [0.15, 0.2) is 29.2 Å². The molecule has 1 aromatic carbocycles. The highest BCUT2D eigenvalue weighted by atomic mass is 32.2. The number of hydrogen-bond acceptors (Lipinski definition) is 4. The van der Waals surface area contributed by atoms with E-state index in [0.29, 0.717) is 6.42 Å². The van der Waals surface area contributed by atoms with Gasteiger partial charge in [0.15, 0.2) is 0 Å². The van der Waals surface area contributed by atoms with Gasteiger partial charge in [-0.25, -0.2) is 8.42 Å². The molecule has 1 atom stereocenters. The summed E-state index contributed by atoms with van der Waals surface area (Å²) in [6, 6.07) is 8.16. The molecule has 0 aliphatic rings. The third-order valence-electron chi connectivity index (χ3n) is 2.34. The van der Waals surface area contributed by atoms with Crippen molar-refractivity contribution in [3.8, 4) is 0 Å². The average molecular weight is 273 g/mol. The molecule has 0 bridgehead atoms. The zero-order chi connectivity index (χ0) is 12.9. The lowest BCUT2D eigenvalue weighted by Gasteiger charge is -2.10. The molecule has 2 N–H and O–H groups in total. The number of thioether (sulfide) groups is 1. The average Bonchev–Trinajstić information content (AvgIpc) is 2.25. The molecule has 0 radical (unpaired) electrons. The van der Waals surface area contributed by atoms with Gasteiger partial charge >= 0.3 is 0 Å². The summed E-state index contributed by atoms with van der Waals surface area (Å²) in [5, 5.41) is 0. The molecule has 0 aromatic heterocycles. The van der Waals surface area contributed by atoms with Crippen LogP contribution in [-0.2, 0) is 9.84 Å². The molecule has 0 spiro atoms. The lowest BCUT2D eigenvalue weighted by Crippen LogP contribution is -2.25. The fourth-order valence-electron chi connectivity index (χ4n) is 1.29. The van der Waals surface area contributed by atoms with Crippen molar-refractivity contribution in [1.29, 1.82) is 0 Å². The Morgan fingerprint density at radius 1 is 1.29 bits per heavy atom. The molecule has 17 heavy (non-hydrogen) atoms. The molecule has 1 unspecified atom stereocenters. The Kier molecular flexibility index (Phi) is 5.49. The smallest absolute Gasteiger partial charge is 0.147 e. The molecule has 3 nitrogen and oxygen atoms in total. The molecule has 0 aliphatic carbocycles. The van der Waals surface area contributed by atoms with Crippen LogP contribution in [0.2, 0.25) is 0 Å². The maximum absolute atomic E-state index is 11.0. The molecule has 1 rings (SSSR count). The van der Waals surface area contributed by atoms with Crippen LogP contribution in [0.4, 0.5) is 0 Å². The van der Waals surface area contributed by atoms with Gasteiger partial charge in [-0.2, -0.15) is 0 Å². The van der Waals surface area contributed by atoms with Gasteiger partial charge in [0.2, 0.25) is 0 Å². The summed E-state index contributed by atoms with van der Waals surface area (Å²) in [6.45, 7) is 2.05. The van der Waals surface area contributed by atoms with Gasteiger partial charge in [0.05, 0.1) is 5.75 Å². The fraction of sp³-hybridized carbons (Fsp3) is 0.500. The molecule has 0 heterocycles. The Labute approximate surface area is 108 Å². The lowest BCUT2D eigenvalue weighted by molar-refractivity contribution is 0.594. The molecule has 0 saturated carbocycles. The van der Waals surface area contributed by atoms with Crippen molar-refractivity contribution in [2.75, 3.05) is 17.8 Å². The Morgan fingerprint density at radius 3 is 2.41 bits per heavy atom. The second-order valence-corrected chi connectivity index (χ2v) is 7.66. The predicted octanol–water partition coefficient (Wildman–Crippen LogP) is 1.85. The first-order chi connectivity index (χ1) is 7.87. The van der Waals surface area contributed by atoms with Crippen LogP contribution >= 0.6 is 11.8 Å². The van der Waals surface area contributed by atoms with Gasteiger partial charge < -0.3 is 5.73 Å². The Bertz CT molecular complexity index is 440. The van der Waals surface area contributed by atoms with Crippen LogP contribution in [-0.4, -0.2) is 32.2 Å². The summed E-state index contributed by atoms with van der Waals surface area (Å²) in [4.78, 5) is 1.17. The van der Waals surface area contributed by atoms with E-state index in [1.807, 2.05) is 6.92 Å². The van der Waals surface area contributed by atoms with Gasteiger partial charge in [-0.3, -0.25) is 0 Å². The van der Waals surface area contributed by atoms with Crippen LogP contribution < -0.4 is 5.73 Å². The van der Waals surface area contributed by atoms with Gasteiger partial charge in [-0.05, 0) is 25.5 Å². The van der Waals surface area contributed by atoms with E-state index < -0.39 is 9.84 Å². The van der Waals surface area contributed by atoms with E-state index in [9.17, 15) is 8.42 Å². The van der Waals surface area contributed by atoms with E-state index in [1.165, 1.54) is 16.7 Å². The van der Waals surface area contributed by atoms with Crippen LogP contribution in [0.25, 0.3) is 0 Å². The Morgan fingerprint density at radius 2 is 1.88 bits per heavy atom. The van der Waals surface area contributed by atoms with E-state index in [1.54, 1.807) is 11.8 Å². The zero-order valence-electron chi connectivity index (χ0n) is 10.2. The standard InChI is InChI=1S/C12H19NO2S2/c1-10-3-5-12(6-4-10)16-9-11(13)7-8-17(2,14)15/h3-6,11H,7-9,13H2,1-2H3. The summed E-state index contributed by atoms with van der Waals surface area (Å²) in [5.41, 5.74) is 7.11. The van der Waals surface area contributed by atoms with Crippen molar-refractivity contribution in [2.45, 2.75) is 24.3 Å². The first-order valence-electron chi connectivity index (χ1n) is 5.49. The van der Waals surface area contributed by atoms with Gasteiger partial charge in [0.25, 0.3) is 0 Å². The third kappa shape index (κ3) is 6.71. The van der Waals surface area contributed by atoms with Crippen molar-refractivity contribution in [3.63, 3.8) is 0 Å². The number of benzene rings is 1. The van der Waals surface area contributed by atoms with Crippen molar-refractivity contribution in [1.82, 2.24) is 0 Å². The summed E-state index contributed by atoms with van der Waals surface area (Å²) >= 11 is 1.67. The van der Waals surface area contributed by atoms with Crippen LogP contribution in [0.1, 0.15) is 12.0 Å². The number of sulfone groups is 1. The summed E-state index contributed by atoms with van der Waals surface area (Å²) in [5.74, 6) is 0.918. The Hall–Kier alpha value is -0.520. The molecule has 5 heteroatoms. The van der Waals surface area contributed by atoms with E-state index in [2.05, 4.69) is 24.3 Å². The highest BCUT2D eigenvalue weighted by Gasteiger charge is 2.08. The van der Waals surface area contributed by atoms with E-state index in [-0.39, 0.29) is 11.8 Å². The Balaban J connectivity index is 2.33. The summed E-state index contributed by atoms with van der Waals surface area (Å²) < 4.78 is 22.0. The monoisotopic (exact) mass is 273 g/mol. The second-order valence-electron chi connectivity index (χ2n) is 4.30. The maximum Gasteiger partial charge on any atom is 0.147 e. The van der Waals surface area contributed by atoms with Gasteiger partial charge in [-0.1, -0.05) is 17.7 Å². The predicted molar refractivity (Wildman–Crippen MR) is 74.2 cm³/mol. The molecule has 0 fully saturated rings. The molecule has 0 amide bonds. The topological polar surface area (TPSA) is 60.2 Å². The minimum absolute atomic E-state index is 0.0731. The van der Waals surface area contributed by atoms with Crippen molar-refractivity contribution in [2.24, 2.45) is 5.73 Å². The van der Waals surface area contributed by atoms with Crippen LogP contribution in [0, 0.1) is 6.92 Å². The molecular formula is C12H19NO2S2. The highest BCUT2D eigenvalue weighted by molar-refractivity contribution is 7.99. The van der Waals surface area contributed by atoms with Crippen molar-refractivity contribution >= 4 is 21.6 Å². The molecule has 0 aliphatic heterocycles. The van der Waals surface area contributed by atoms with Crippen molar-refractivity contribution < 1.29 is 8.42 Å². The quantitative estimate of drug-likeness (QED) is 0.804. The molecule has 96 valence electrons. The molecule has 1 aromatic rings. The minimum atomic E-state index is -2.90. The number of rotatable bonds is 6. The third-order valence-corrected chi connectivity index (χ3v) is 4.52. The van der Waals surface area contributed by atoms with E-state index >= 15 is 0 Å². The fourth-order valence-corrected chi connectivity index (χ4v) is 2.92. The lowest BCUT2D eigenvalue weighted by atomic mass is 10.2. The minimum Gasteiger partial charge on any atom is -0.327 e. The summed E-state index contributed by atoms with van der Waals surface area (Å²) in [6.07, 6.45) is 1.77. The largest absolute Gasteiger partial charge is 0.327 e. The van der Waals surface area contributed by atoms with Crippen molar-refractivity contribution in [3.05, 3.63) is 29.8 Å². The maximum atomic E-state index is 11.0.